The number of rotatable bonds is 1. The quantitative estimate of drug-likeness (QED) is 0.777. The second-order valence-electron chi connectivity index (χ2n) is 5.75. The SMILES string of the molecule is CC(C)(C)OC(=O)NC1CC(C(F)(F)F)CCNC1=O. The van der Waals surface area contributed by atoms with Gasteiger partial charge < -0.3 is 15.4 Å². The summed E-state index contributed by atoms with van der Waals surface area (Å²) in [5.74, 6) is -2.25. The minimum atomic E-state index is -4.39. The number of alkyl carbamates (subject to hydrolysis) is 1. The van der Waals surface area contributed by atoms with Gasteiger partial charge in [-0.2, -0.15) is 13.2 Å². The Morgan fingerprint density at radius 2 is 1.95 bits per heavy atom. The van der Waals surface area contributed by atoms with Crippen LogP contribution >= 0.6 is 0 Å². The third-order valence-corrected chi connectivity index (χ3v) is 2.78. The van der Waals surface area contributed by atoms with E-state index in [9.17, 15) is 22.8 Å². The van der Waals surface area contributed by atoms with Gasteiger partial charge in [-0.1, -0.05) is 0 Å². The van der Waals surface area contributed by atoms with Crippen LogP contribution in [0, 0.1) is 5.92 Å². The molecular formula is C12H19F3N2O3. The third kappa shape index (κ3) is 5.26. The number of amides is 2. The minimum absolute atomic E-state index is 0.0600. The van der Waals surface area contributed by atoms with E-state index in [1.165, 1.54) is 0 Å². The Morgan fingerprint density at radius 3 is 2.45 bits per heavy atom. The Balaban J connectivity index is 2.70. The van der Waals surface area contributed by atoms with Crippen molar-refractivity contribution < 1.29 is 27.5 Å². The maximum absolute atomic E-state index is 12.7. The highest BCUT2D eigenvalue weighted by Gasteiger charge is 2.43. The molecule has 1 rings (SSSR count). The molecule has 1 saturated heterocycles. The predicted molar refractivity (Wildman–Crippen MR) is 64.9 cm³/mol. The van der Waals surface area contributed by atoms with Crippen LogP contribution in [-0.2, 0) is 9.53 Å². The molecule has 0 aromatic carbocycles. The van der Waals surface area contributed by atoms with Crippen LogP contribution in [-0.4, -0.2) is 36.4 Å². The van der Waals surface area contributed by atoms with Crippen LogP contribution in [0.25, 0.3) is 0 Å². The highest BCUT2D eigenvalue weighted by atomic mass is 19.4. The van der Waals surface area contributed by atoms with Crippen molar-refractivity contribution in [1.82, 2.24) is 10.6 Å². The Bertz CT molecular complexity index is 377. The van der Waals surface area contributed by atoms with Crippen molar-refractivity contribution in [2.45, 2.75) is 51.4 Å². The highest BCUT2D eigenvalue weighted by Crippen LogP contribution is 2.33. The van der Waals surface area contributed by atoms with Gasteiger partial charge in [-0.05, 0) is 33.6 Å². The molecule has 1 heterocycles. The highest BCUT2D eigenvalue weighted by molar-refractivity contribution is 5.85. The third-order valence-electron chi connectivity index (χ3n) is 2.78. The number of carbonyl (C=O) groups is 2. The fraction of sp³-hybridized carbons (Fsp3) is 0.833. The summed E-state index contributed by atoms with van der Waals surface area (Å²) >= 11 is 0. The van der Waals surface area contributed by atoms with Crippen molar-refractivity contribution in [3.63, 3.8) is 0 Å². The molecule has 116 valence electrons. The second kappa shape index (κ2) is 5.88. The molecule has 0 aromatic heterocycles. The molecule has 1 fully saturated rings. The first-order valence-electron chi connectivity index (χ1n) is 6.33. The van der Waals surface area contributed by atoms with Gasteiger partial charge in [-0.25, -0.2) is 4.79 Å². The molecule has 0 aromatic rings. The van der Waals surface area contributed by atoms with Crippen molar-refractivity contribution in [1.29, 1.82) is 0 Å². The fourth-order valence-corrected chi connectivity index (χ4v) is 1.87. The van der Waals surface area contributed by atoms with Crippen molar-refractivity contribution >= 4 is 12.0 Å². The predicted octanol–water partition coefficient (Wildman–Crippen LogP) is 1.97. The Kier molecular flexibility index (Phi) is 4.88. The zero-order valence-electron chi connectivity index (χ0n) is 11.6. The lowest BCUT2D eigenvalue weighted by molar-refractivity contribution is -0.178. The number of hydrogen-bond donors (Lipinski definition) is 2. The molecule has 1 aliphatic heterocycles. The Hall–Kier alpha value is -1.47. The van der Waals surface area contributed by atoms with Crippen LogP contribution in [0.15, 0.2) is 0 Å². The standard InChI is InChI=1S/C12H19F3N2O3/c1-11(2,3)20-10(19)17-8-6-7(12(13,14)15)4-5-16-9(8)18/h7-8H,4-6H2,1-3H3,(H,16,18)(H,17,19). The van der Waals surface area contributed by atoms with Gasteiger partial charge in [-0.15, -0.1) is 0 Å². The van der Waals surface area contributed by atoms with E-state index < -0.39 is 42.2 Å². The summed E-state index contributed by atoms with van der Waals surface area (Å²) < 4.78 is 43.2. The maximum Gasteiger partial charge on any atom is 0.408 e. The van der Waals surface area contributed by atoms with E-state index in [1.807, 2.05) is 0 Å². The van der Waals surface area contributed by atoms with E-state index >= 15 is 0 Å². The van der Waals surface area contributed by atoms with E-state index in [-0.39, 0.29) is 13.0 Å². The number of ether oxygens (including phenoxy) is 1. The Labute approximate surface area is 115 Å². The molecule has 2 N–H and O–H groups in total. The maximum atomic E-state index is 12.7. The van der Waals surface area contributed by atoms with Crippen molar-refractivity contribution in [3.8, 4) is 0 Å². The Morgan fingerprint density at radius 1 is 1.35 bits per heavy atom. The van der Waals surface area contributed by atoms with Gasteiger partial charge in [0.05, 0.1) is 5.92 Å². The van der Waals surface area contributed by atoms with Gasteiger partial charge >= 0.3 is 12.3 Å². The molecule has 5 nitrogen and oxygen atoms in total. The number of hydrogen-bond acceptors (Lipinski definition) is 3. The van der Waals surface area contributed by atoms with E-state index in [0.29, 0.717) is 0 Å². The summed E-state index contributed by atoms with van der Waals surface area (Å²) in [7, 11) is 0. The summed E-state index contributed by atoms with van der Waals surface area (Å²) in [6, 6.07) is -1.24. The lowest BCUT2D eigenvalue weighted by Gasteiger charge is -2.24. The van der Waals surface area contributed by atoms with Crippen LogP contribution < -0.4 is 10.6 Å². The average Bonchev–Trinajstić information content (AvgIpc) is 2.38. The van der Waals surface area contributed by atoms with Crippen LogP contribution in [0.1, 0.15) is 33.6 Å². The molecule has 0 spiro atoms. The molecule has 2 unspecified atom stereocenters. The van der Waals surface area contributed by atoms with Gasteiger partial charge in [0.2, 0.25) is 5.91 Å². The summed E-state index contributed by atoms with van der Waals surface area (Å²) in [6.07, 6.45) is -5.96. The molecule has 0 radical (unpaired) electrons. The molecule has 0 aliphatic carbocycles. The van der Waals surface area contributed by atoms with Gasteiger partial charge in [0, 0.05) is 6.54 Å². The molecule has 2 amide bonds. The number of carbonyl (C=O) groups excluding carboxylic acids is 2. The lowest BCUT2D eigenvalue weighted by atomic mass is 9.97. The zero-order chi connectivity index (χ0) is 15.6. The first-order valence-corrected chi connectivity index (χ1v) is 6.33. The van der Waals surface area contributed by atoms with Crippen molar-refractivity contribution in [2.75, 3.05) is 6.54 Å². The molecular weight excluding hydrogens is 277 g/mol. The monoisotopic (exact) mass is 296 g/mol. The van der Waals surface area contributed by atoms with Gasteiger partial charge in [0.25, 0.3) is 0 Å². The molecule has 0 saturated carbocycles. The van der Waals surface area contributed by atoms with E-state index in [1.54, 1.807) is 20.8 Å². The largest absolute Gasteiger partial charge is 0.444 e. The van der Waals surface area contributed by atoms with E-state index in [0.717, 1.165) is 0 Å². The fourth-order valence-electron chi connectivity index (χ4n) is 1.87. The number of nitrogens with one attached hydrogen (secondary N) is 2. The van der Waals surface area contributed by atoms with Gasteiger partial charge in [0.1, 0.15) is 11.6 Å². The first kappa shape index (κ1) is 16.6. The van der Waals surface area contributed by atoms with Gasteiger partial charge in [-0.3, -0.25) is 4.79 Å². The molecule has 20 heavy (non-hydrogen) atoms. The normalized spacial score (nSPS) is 24.6. The number of alkyl halides is 3. The summed E-state index contributed by atoms with van der Waals surface area (Å²) in [6.45, 7) is 4.81. The van der Waals surface area contributed by atoms with Crippen LogP contribution in [0.4, 0.5) is 18.0 Å². The summed E-state index contributed by atoms with van der Waals surface area (Å²) in [5.41, 5.74) is -0.783. The summed E-state index contributed by atoms with van der Waals surface area (Å²) in [4.78, 5) is 23.2. The van der Waals surface area contributed by atoms with E-state index in [2.05, 4.69) is 10.6 Å². The molecule has 2 atom stereocenters. The minimum Gasteiger partial charge on any atom is -0.444 e. The van der Waals surface area contributed by atoms with Crippen LogP contribution in [0.2, 0.25) is 0 Å². The smallest absolute Gasteiger partial charge is 0.408 e. The van der Waals surface area contributed by atoms with E-state index in [4.69, 9.17) is 4.74 Å². The van der Waals surface area contributed by atoms with Gasteiger partial charge in [0.15, 0.2) is 0 Å². The zero-order valence-corrected chi connectivity index (χ0v) is 11.6. The number of halogens is 3. The molecule has 1 aliphatic rings. The topological polar surface area (TPSA) is 67.4 Å². The average molecular weight is 296 g/mol. The lowest BCUT2D eigenvalue weighted by Crippen LogP contribution is -2.48. The first-order chi connectivity index (χ1) is 8.99. The van der Waals surface area contributed by atoms with Crippen molar-refractivity contribution in [2.24, 2.45) is 5.92 Å². The van der Waals surface area contributed by atoms with Crippen molar-refractivity contribution in [3.05, 3.63) is 0 Å². The molecule has 0 bridgehead atoms. The second-order valence-corrected chi connectivity index (χ2v) is 5.75. The van der Waals surface area contributed by atoms with Crippen LogP contribution in [0.3, 0.4) is 0 Å². The molecule has 8 heteroatoms. The summed E-state index contributed by atoms with van der Waals surface area (Å²) in [5, 5.41) is 4.55. The van der Waals surface area contributed by atoms with Crippen LogP contribution in [0.5, 0.6) is 0 Å².